The smallest absolute Gasteiger partial charge is 0.228 e. The van der Waals surface area contributed by atoms with Crippen LogP contribution in [-0.2, 0) is 20.6 Å². The summed E-state index contributed by atoms with van der Waals surface area (Å²) >= 11 is 5.97. The molecule has 1 fully saturated rings. The molecule has 0 bridgehead atoms. The first-order chi connectivity index (χ1) is 13.7. The Balaban J connectivity index is 1.63. The SMILES string of the molecule is CC(C)c1ccc(NC(=O)C2CCCN(S(=O)(=O)Cc3cccc(Cl)c3)C2)cc1. The number of nitrogens with zero attached hydrogens (tertiary/aromatic N) is 1. The van der Waals surface area contributed by atoms with E-state index in [1.54, 1.807) is 24.3 Å². The normalized spacial score (nSPS) is 18.0. The molecule has 0 radical (unpaired) electrons. The first kappa shape index (κ1) is 21.8. The number of anilines is 1. The van der Waals surface area contributed by atoms with Crippen LogP contribution in [0, 0.1) is 5.92 Å². The average molecular weight is 435 g/mol. The molecular formula is C22H27ClN2O3S. The minimum absolute atomic E-state index is 0.113. The number of hydrogen-bond acceptors (Lipinski definition) is 3. The van der Waals surface area contributed by atoms with Crippen LogP contribution in [0.5, 0.6) is 0 Å². The first-order valence-corrected chi connectivity index (χ1v) is 11.9. The zero-order valence-electron chi connectivity index (χ0n) is 16.8. The summed E-state index contributed by atoms with van der Waals surface area (Å²) in [5.41, 5.74) is 2.59. The summed E-state index contributed by atoms with van der Waals surface area (Å²) in [5, 5.41) is 3.44. The van der Waals surface area contributed by atoms with Crippen LogP contribution in [0.1, 0.15) is 43.7 Å². The molecule has 2 aromatic rings. The topological polar surface area (TPSA) is 66.5 Å². The van der Waals surface area contributed by atoms with Crippen molar-refractivity contribution in [2.75, 3.05) is 18.4 Å². The van der Waals surface area contributed by atoms with Gasteiger partial charge in [-0.05, 0) is 54.2 Å². The minimum Gasteiger partial charge on any atom is -0.326 e. The predicted molar refractivity (Wildman–Crippen MR) is 118 cm³/mol. The van der Waals surface area contributed by atoms with Crippen molar-refractivity contribution in [3.8, 4) is 0 Å². The van der Waals surface area contributed by atoms with Gasteiger partial charge < -0.3 is 5.32 Å². The largest absolute Gasteiger partial charge is 0.326 e. The van der Waals surface area contributed by atoms with Gasteiger partial charge in [0.1, 0.15) is 0 Å². The zero-order valence-corrected chi connectivity index (χ0v) is 18.3. The lowest BCUT2D eigenvalue weighted by atomic mass is 9.98. The molecule has 0 spiro atoms. The van der Waals surface area contributed by atoms with Crippen LogP contribution in [0.2, 0.25) is 5.02 Å². The monoisotopic (exact) mass is 434 g/mol. The van der Waals surface area contributed by atoms with E-state index in [1.165, 1.54) is 9.87 Å². The molecule has 0 saturated carbocycles. The molecule has 0 aromatic heterocycles. The molecule has 1 atom stereocenters. The van der Waals surface area contributed by atoms with E-state index < -0.39 is 10.0 Å². The van der Waals surface area contributed by atoms with Gasteiger partial charge in [-0.15, -0.1) is 0 Å². The van der Waals surface area contributed by atoms with Crippen LogP contribution >= 0.6 is 11.6 Å². The molecule has 7 heteroatoms. The lowest BCUT2D eigenvalue weighted by molar-refractivity contribution is -0.120. The lowest BCUT2D eigenvalue weighted by Gasteiger charge is -2.31. The number of rotatable bonds is 6. The van der Waals surface area contributed by atoms with Gasteiger partial charge in [-0.25, -0.2) is 12.7 Å². The van der Waals surface area contributed by atoms with Crippen LogP contribution in [0.25, 0.3) is 0 Å². The number of nitrogens with one attached hydrogen (secondary N) is 1. The maximum absolute atomic E-state index is 12.8. The average Bonchev–Trinajstić information content (AvgIpc) is 2.68. The summed E-state index contributed by atoms with van der Waals surface area (Å²) in [6.45, 7) is 4.89. The molecule has 1 heterocycles. The Morgan fingerprint density at radius 3 is 2.59 bits per heavy atom. The lowest BCUT2D eigenvalue weighted by Crippen LogP contribution is -2.44. The van der Waals surface area contributed by atoms with Crippen molar-refractivity contribution < 1.29 is 13.2 Å². The fourth-order valence-corrected chi connectivity index (χ4v) is 5.34. The summed E-state index contributed by atoms with van der Waals surface area (Å²) in [4.78, 5) is 12.7. The van der Waals surface area contributed by atoms with E-state index in [-0.39, 0.29) is 24.1 Å². The van der Waals surface area contributed by atoms with Gasteiger partial charge in [0.15, 0.2) is 0 Å². The molecule has 0 aliphatic carbocycles. The van der Waals surface area contributed by atoms with E-state index in [0.29, 0.717) is 35.9 Å². The highest BCUT2D eigenvalue weighted by atomic mass is 35.5. The van der Waals surface area contributed by atoms with E-state index in [4.69, 9.17) is 11.6 Å². The number of sulfonamides is 1. The Morgan fingerprint density at radius 1 is 1.21 bits per heavy atom. The van der Waals surface area contributed by atoms with E-state index in [1.807, 2.05) is 24.3 Å². The molecule has 2 aromatic carbocycles. The van der Waals surface area contributed by atoms with Crippen LogP contribution in [-0.4, -0.2) is 31.7 Å². The van der Waals surface area contributed by atoms with E-state index >= 15 is 0 Å². The minimum atomic E-state index is -3.51. The molecule has 1 aliphatic heterocycles. The molecule has 156 valence electrons. The number of benzene rings is 2. The summed E-state index contributed by atoms with van der Waals surface area (Å²) < 4.78 is 27.1. The summed E-state index contributed by atoms with van der Waals surface area (Å²) in [7, 11) is -3.51. The number of amides is 1. The highest BCUT2D eigenvalue weighted by Gasteiger charge is 2.32. The van der Waals surface area contributed by atoms with Gasteiger partial charge in [-0.3, -0.25) is 4.79 Å². The number of carbonyl (C=O) groups excluding carboxylic acids is 1. The van der Waals surface area contributed by atoms with Gasteiger partial charge >= 0.3 is 0 Å². The summed E-state index contributed by atoms with van der Waals surface area (Å²) in [6.07, 6.45) is 1.35. The quantitative estimate of drug-likeness (QED) is 0.719. The van der Waals surface area contributed by atoms with Crippen LogP contribution in [0.3, 0.4) is 0 Å². The van der Waals surface area contributed by atoms with Gasteiger partial charge in [0.25, 0.3) is 0 Å². The Hall–Kier alpha value is -1.89. The van der Waals surface area contributed by atoms with Crippen molar-refractivity contribution >= 4 is 33.2 Å². The maximum Gasteiger partial charge on any atom is 0.228 e. The highest BCUT2D eigenvalue weighted by Crippen LogP contribution is 2.24. The zero-order chi connectivity index (χ0) is 21.0. The summed E-state index contributed by atoms with van der Waals surface area (Å²) in [6, 6.07) is 14.7. The van der Waals surface area contributed by atoms with E-state index in [9.17, 15) is 13.2 Å². The van der Waals surface area contributed by atoms with Crippen molar-refractivity contribution in [3.05, 3.63) is 64.7 Å². The first-order valence-electron chi connectivity index (χ1n) is 9.87. The Bertz CT molecular complexity index is 958. The van der Waals surface area contributed by atoms with Crippen LogP contribution < -0.4 is 5.32 Å². The van der Waals surface area contributed by atoms with Crippen molar-refractivity contribution in [1.29, 1.82) is 0 Å². The molecule has 3 rings (SSSR count). The number of piperidine rings is 1. The van der Waals surface area contributed by atoms with E-state index in [0.717, 1.165) is 5.69 Å². The molecule has 1 N–H and O–H groups in total. The Morgan fingerprint density at radius 2 is 1.93 bits per heavy atom. The molecule has 1 saturated heterocycles. The van der Waals surface area contributed by atoms with Gasteiger partial charge in [-0.1, -0.05) is 49.7 Å². The van der Waals surface area contributed by atoms with Crippen molar-refractivity contribution in [2.24, 2.45) is 5.92 Å². The highest BCUT2D eigenvalue weighted by molar-refractivity contribution is 7.88. The van der Waals surface area contributed by atoms with Crippen LogP contribution in [0.4, 0.5) is 5.69 Å². The molecule has 1 unspecified atom stereocenters. The molecular weight excluding hydrogens is 408 g/mol. The Labute approximate surface area is 178 Å². The number of hydrogen-bond donors (Lipinski definition) is 1. The predicted octanol–water partition coefficient (Wildman–Crippen LogP) is 4.64. The molecule has 1 aliphatic rings. The second kappa shape index (κ2) is 9.28. The second-order valence-electron chi connectivity index (χ2n) is 7.85. The third kappa shape index (κ3) is 5.81. The third-order valence-electron chi connectivity index (χ3n) is 5.23. The van der Waals surface area contributed by atoms with E-state index in [2.05, 4.69) is 19.2 Å². The second-order valence-corrected chi connectivity index (χ2v) is 10.3. The fourth-order valence-electron chi connectivity index (χ4n) is 3.53. The van der Waals surface area contributed by atoms with Gasteiger partial charge in [0.05, 0.1) is 11.7 Å². The number of halogens is 1. The molecule has 5 nitrogen and oxygen atoms in total. The number of carbonyl (C=O) groups is 1. The fraction of sp³-hybridized carbons (Fsp3) is 0.409. The molecule has 29 heavy (non-hydrogen) atoms. The van der Waals surface area contributed by atoms with Crippen molar-refractivity contribution in [1.82, 2.24) is 4.31 Å². The third-order valence-corrected chi connectivity index (χ3v) is 7.28. The Kier molecular flexibility index (Phi) is 6.98. The van der Waals surface area contributed by atoms with Gasteiger partial charge in [0, 0.05) is 23.8 Å². The maximum atomic E-state index is 12.8. The summed E-state index contributed by atoms with van der Waals surface area (Å²) in [5.74, 6) is -0.178. The van der Waals surface area contributed by atoms with Crippen LogP contribution in [0.15, 0.2) is 48.5 Å². The standard InChI is InChI=1S/C22H27ClN2O3S/c1-16(2)18-8-10-21(11-9-18)24-22(26)19-6-4-12-25(14-19)29(27,28)15-17-5-3-7-20(23)13-17/h3,5,7-11,13,16,19H,4,6,12,14-15H2,1-2H3,(H,24,26). The van der Waals surface area contributed by atoms with Crippen molar-refractivity contribution in [3.63, 3.8) is 0 Å². The molecule has 1 amide bonds. The van der Waals surface area contributed by atoms with Crippen molar-refractivity contribution in [2.45, 2.75) is 38.4 Å². The van der Waals surface area contributed by atoms with Gasteiger partial charge in [0.2, 0.25) is 15.9 Å². The van der Waals surface area contributed by atoms with Gasteiger partial charge in [-0.2, -0.15) is 0 Å².